The summed E-state index contributed by atoms with van der Waals surface area (Å²) in [6, 6.07) is 7.49. The third-order valence-corrected chi connectivity index (χ3v) is 4.59. The highest BCUT2D eigenvalue weighted by molar-refractivity contribution is 6.51. The van der Waals surface area contributed by atoms with Crippen LogP contribution in [-0.2, 0) is 4.79 Å². The van der Waals surface area contributed by atoms with Crippen molar-refractivity contribution < 1.29 is 9.53 Å². The largest absolute Gasteiger partial charge is 0.478 e. The maximum Gasteiger partial charge on any atom is 0.270 e. The molecule has 0 aliphatic heterocycles. The van der Waals surface area contributed by atoms with Crippen molar-refractivity contribution in [2.24, 2.45) is 0 Å². The van der Waals surface area contributed by atoms with Gasteiger partial charge in [0.25, 0.3) is 5.91 Å². The van der Waals surface area contributed by atoms with E-state index in [4.69, 9.17) is 27.9 Å². The van der Waals surface area contributed by atoms with E-state index in [0.29, 0.717) is 11.7 Å². The number of alkyl halides is 2. The topological polar surface area (TPSA) is 67.0 Å². The zero-order chi connectivity index (χ0) is 16.7. The number of aromatic amines is 1. The molecule has 3 rings (SSSR count). The summed E-state index contributed by atoms with van der Waals surface area (Å²) in [5, 5.41) is 2.67. The summed E-state index contributed by atoms with van der Waals surface area (Å²) >= 11 is 12.1. The highest BCUT2D eigenvalue weighted by atomic mass is 35.5. The van der Waals surface area contributed by atoms with Gasteiger partial charge in [-0.15, -0.1) is 23.2 Å². The number of hydrogen-bond donors (Lipinski definition) is 2. The first kappa shape index (κ1) is 16.1. The Kier molecular flexibility index (Phi) is 4.02. The van der Waals surface area contributed by atoms with Crippen LogP contribution in [0.25, 0.3) is 0 Å². The Morgan fingerprint density at radius 3 is 2.57 bits per heavy atom. The first-order valence-corrected chi connectivity index (χ1v) is 8.01. The number of imidazole rings is 1. The first-order chi connectivity index (χ1) is 10.8. The third kappa shape index (κ3) is 3.62. The minimum absolute atomic E-state index is 0.162. The summed E-state index contributed by atoms with van der Waals surface area (Å²) in [6.07, 6.45) is 3.95. The second-order valence-corrected chi connectivity index (χ2v) is 7.63. The molecule has 0 saturated heterocycles. The lowest BCUT2D eigenvalue weighted by Gasteiger charge is -2.24. The van der Waals surface area contributed by atoms with E-state index in [2.05, 4.69) is 15.3 Å². The van der Waals surface area contributed by atoms with Gasteiger partial charge in [-0.2, -0.15) is 0 Å². The predicted molar refractivity (Wildman–Crippen MR) is 90.2 cm³/mol. The number of nitrogens with zero attached hydrogens (tertiary/aromatic N) is 1. The lowest BCUT2D eigenvalue weighted by molar-refractivity contribution is -0.128. The summed E-state index contributed by atoms with van der Waals surface area (Å²) < 4.78 is 5.15. The average molecular weight is 354 g/mol. The molecule has 122 valence electrons. The fourth-order valence-corrected chi connectivity index (χ4v) is 2.84. The molecule has 1 unspecified atom stereocenters. The van der Waals surface area contributed by atoms with E-state index in [9.17, 15) is 4.79 Å². The summed E-state index contributed by atoms with van der Waals surface area (Å²) in [7, 11) is 0. The number of hydrogen-bond acceptors (Lipinski definition) is 3. The van der Waals surface area contributed by atoms with Crippen molar-refractivity contribution in [3.8, 4) is 5.75 Å². The van der Waals surface area contributed by atoms with Crippen molar-refractivity contribution >= 4 is 35.1 Å². The van der Waals surface area contributed by atoms with Gasteiger partial charge in [-0.05, 0) is 38.0 Å². The molecular formula is C16H17Cl2N3O2. The molecule has 7 heteroatoms. The maximum atomic E-state index is 12.3. The number of aromatic nitrogens is 2. The van der Waals surface area contributed by atoms with Gasteiger partial charge in [-0.1, -0.05) is 12.1 Å². The number of halogens is 2. The van der Waals surface area contributed by atoms with E-state index in [1.807, 2.05) is 24.3 Å². The van der Waals surface area contributed by atoms with Crippen LogP contribution in [0.5, 0.6) is 5.75 Å². The number of rotatable bonds is 5. The van der Waals surface area contributed by atoms with E-state index in [0.717, 1.165) is 12.0 Å². The molecule has 1 fully saturated rings. The van der Waals surface area contributed by atoms with Crippen molar-refractivity contribution in [3.05, 3.63) is 42.2 Å². The van der Waals surface area contributed by atoms with Gasteiger partial charge in [-0.3, -0.25) is 10.1 Å². The number of carbonyl (C=O) groups excluding carboxylic acids is 1. The van der Waals surface area contributed by atoms with Crippen molar-refractivity contribution in [1.29, 1.82) is 0 Å². The van der Waals surface area contributed by atoms with Crippen LogP contribution in [0, 0.1) is 0 Å². The number of carbonyl (C=O) groups is 1. The van der Waals surface area contributed by atoms with Gasteiger partial charge >= 0.3 is 0 Å². The molecule has 1 aromatic heterocycles. The van der Waals surface area contributed by atoms with Gasteiger partial charge in [-0.25, -0.2) is 4.98 Å². The molecule has 2 aromatic rings. The summed E-state index contributed by atoms with van der Waals surface area (Å²) in [5.41, 5.74) is 0.0246. The van der Waals surface area contributed by atoms with Crippen LogP contribution in [0.3, 0.4) is 0 Å². The minimum atomic E-state index is -1.05. The molecule has 23 heavy (non-hydrogen) atoms. The SMILES string of the molecule is CC(C)(Oc1ccc(C2CC2(Cl)Cl)cc1)C(=O)Nc1ncc[nH]1. The monoisotopic (exact) mass is 353 g/mol. The number of anilines is 1. The van der Waals surface area contributed by atoms with Crippen molar-refractivity contribution in [2.75, 3.05) is 5.32 Å². The first-order valence-electron chi connectivity index (χ1n) is 7.25. The highest BCUT2D eigenvalue weighted by Gasteiger charge is 2.52. The highest BCUT2D eigenvalue weighted by Crippen LogP contribution is 2.59. The molecule has 1 aliphatic rings. The fraction of sp³-hybridized carbons (Fsp3) is 0.375. The van der Waals surface area contributed by atoms with Crippen LogP contribution >= 0.6 is 23.2 Å². The van der Waals surface area contributed by atoms with Gasteiger partial charge in [0.15, 0.2) is 5.60 Å². The van der Waals surface area contributed by atoms with Crippen LogP contribution < -0.4 is 10.1 Å². The number of H-pyrrole nitrogens is 1. The second-order valence-electron chi connectivity index (χ2n) is 6.09. The summed E-state index contributed by atoms with van der Waals surface area (Å²) in [4.78, 5) is 19.1. The van der Waals surface area contributed by atoms with Gasteiger partial charge < -0.3 is 9.72 Å². The Balaban J connectivity index is 1.64. The lowest BCUT2D eigenvalue weighted by atomic mass is 10.1. The number of nitrogens with one attached hydrogen (secondary N) is 2. The lowest BCUT2D eigenvalue weighted by Crippen LogP contribution is -2.42. The summed E-state index contributed by atoms with van der Waals surface area (Å²) in [5.74, 6) is 0.856. The summed E-state index contributed by atoms with van der Waals surface area (Å²) in [6.45, 7) is 3.39. The van der Waals surface area contributed by atoms with Crippen LogP contribution in [0.2, 0.25) is 0 Å². The normalized spacial score (nSPS) is 19.2. The molecule has 1 saturated carbocycles. The number of benzene rings is 1. The van der Waals surface area contributed by atoms with Crippen LogP contribution in [0.1, 0.15) is 31.7 Å². The molecule has 0 radical (unpaired) electrons. The minimum Gasteiger partial charge on any atom is -0.478 e. The smallest absolute Gasteiger partial charge is 0.270 e. The van der Waals surface area contributed by atoms with Crippen molar-refractivity contribution in [3.63, 3.8) is 0 Å². The Morgan fingerprint density at radius 2 is 2.04 bits per heavy atom. The molecule has 1 aliphatic carbocycles. The third-order valence-electron chi connectivity index (χ3n) is 3.76. The number of ether oxygens (including phenoxy) is 1. The molecule has 1 amide bonds. The number of amides is 1. The van der Waals surface area contributed by atoms with Crippen molar-refractivity contribution in [1.82, 2.24) is 9.97 Å². The van der Waals surface area contributed by atoms with Gasteiger partial charge in [0.1, 0.15) is 10.1 Å². The molecule has 1 heterocycles. The molecular weight excluding hydrogens is 337 g/mol. The van der Waals surface area contributed by atoms with Gasteiger partial charge in [0.05, 0.1) is 0 Å². The maximum absolute atomic E-state index is 12.3. The quantitative estimate of drug-likeness (QED) is 0.801. The molecule has 1 atom stereocenters. The van der Waals surface area contributed by atoms with Gasteiger partial charge in [0, 0.05) is 18.3 Å². The molecule has 1 aromatic carbocycles. The zero-order valence-electron chi connectivity index (χ0n) is 12.8. The standard InChI is InChI=1S/C16H17Cl2N3O2/c1-15(2,13(22)21-14-19-7-8-20-14)23-11-5-3-10(4-6-11)12-9-16(12,17)18/h3-8,12H,9H2,1-2H3,(H2,19,20,21,22). The average Bonchev–Trinajstić information content (AvgIpc) is 2.87. The van der Waals surface area contributed by atoms with E-state index < -0.39 is 9.93 Å². The van der Waals surface area contributed by atoms with E-state index in [1.165, 1.54) is 0 Å². The zero-order valence-corrected chi connectivity index (χ0v) is 14.3. The Labute approximate surface area is 144 Å². The van der Waals surface area contributed by atoms with E-state index >= 15 is 0 Å². The second kappa shape index (κ2) is 5.73. The van der Waals surface area contributed by atoms with E-state index in [-0.39, 0.29) is 11.8 Å². The molecule has 0 bridgehead atoms. The van der Waals surface area contributed by atoms with Crippen LogP contribution in [-0.4, -0.2) is 25.8 Å². The van der Waals surface area contributed by atoms with Crippen LogP contribution in [0.15, 0.2) is 36.7 Å². The van der Waals surface area contributed by atoms with Crippen LogP contribution in [0.4, 0.5) is 5.95 Å². The predicted octanol–water partition coefficient (Wildman–Crippen LogP) is 3.87. The molecule has 2 N–H and O–H groups in total. The van der Waals surface area contributed by atoms with E-state index in [1.54, 1.807) is 26.2 Å². The molecule has 5 nitrogen and oxygen atoms in total. The fourth-order valence-electron chi connectivity index (χ4n) is 2.28. The molecule has 0 spiro atoms. The van der Waals surface area contributed by atoms with Crippen molar-refractivity contribution in [2.45, 2.75) is 36.1 Å². The van der Waals surface area contributed by atoms with Gasteiger partial charge in [0.2, 0.25) is 5.95 Å². The Bertz CT molecular complexity index is 697. The Morgan fingerprint density at radius 1 is 1.39 bits per heavy atom. The Hall–Kier alpha value is -1.72.